The molecule has 6 nitrogen and oxygen atoms in total. The van der Waals surface area contributed by atoms with Crippen LogP contribution in [0.4, 0.5) is 11.4 Å². The minimum atomic E-state index is -0.525. The lowest BCUT2D eigenvalue weighted by Crippen LogP contribution is -2.16. The Bertz CT molecular complexity index is 1280. The molecule has 0 atom stereocenters. The second-order valence-electron chi connectivity index (χ2n) is 7.76. The summed E-state index contributed by atoms with van der Waals surface area (Å²) < 4.78 is 0. The minimum absolute atomic E-state index is 0.351. The van der Waals surface area contributed by atoms with E-state index in [1.807, 2.05) is 60.7 Å². The second-order valence-corrected chi connectivity index (χ2v) is 7.76. The average molecular weight is 438 g/mol. The molecule has 0 fully saturated rings. The zero-order chi connectivity index (χ0) is 23.2. The third kappa shape index (κ3) is 5.02. The Labute approximate surface area is 193 Å². The molecule has 1 aromatic heterocycles. The number of aromatic nitrogens is 1. The highest BCUT2D eigenvalue weighted by Crippen LogP contribution is 2.32. The first-order valence-corrected chi connectivity index (χ1v) is 10.8. The maximum atomic E-state index is 12.0. The summed E-state index contributed by atoms with van der Waals surface area (Å²) >= 11 is 0. The number of nitrogens with zero attached hydrogens (tertiary/aromatic N) is 1. The Morgan fingerprint density at radius 1 is 0.970 bits per heavy atom. The first-order valence-electron chi connectivity index (χ1n) is 10.8. The van der Waals surface area contributed by atoms with Crippen LogP contribution in [0.15, 0.2) is 85.6 Å². The number of pyridine rings is 1. The van der Waals surface area contributed by atoms with Gasteiger partial charge in [0.15, 0.2) is 0 Å². The molecule has 0 bridgehead atoms. The molecule has 33 heavy (non-hydrogen) atoms. The first-order chi connectivity index (χ1) is 16.1. The smallest absolute Gasteiger partial charge is 0.252 e. The zero-order valence-corrected chi connectivity index (χ0v) is 18.3. The fourth-order valence-electron chi connectivity index (χ4n) is 3.67. The molecule has 3 aromatic carbocycles. The van der Waals surface area contributed by atoms with Crippen molar-refractivity contribution < 1.29 is 4.79 Å². The number of rotatable bonds is 9. The zero-order valence-electron chi connectivity index (χ0n) is 18.3. The van der Waals surface area contributed by atoms with Crippen LogP contribution >= 0.6 is 0 Å². The molecular weight excluding hydrogens is 410 g/mol. The molecule has 6 heteroatoms. The van der Waals surface area contributed by atoms with Crippen molar-refractivity contribution in [1.82, 2.24) is 10.3 Å². The van der Waals surface area contributed by atoms with Gasteiger partial charge in [-0.05, 0) is 47.9 Å². The highest BCUT2D eigenvalue weighted by molar-refractivity contribution is 6.08. The van der Waals surface area contributed by atoms with Crippen molar-refractivity contribution in [2.45, 2.75) is 6.42 Å². The predicted molar refractivity (Wildman–Crippen MR) is 136 cm³/mol. The van der Waals surface area contributed by atoms with Crippen LogP contribution < -0.4 is 22.1 Å². The molecule has 6 N–H and O–H groups in total. The molecule has 0 spiro atoms. The molecule has 0 radical (unpaired) electrons. The fraction of sp³-hybridized carbons (Fsp3) is 0.111. The Morgan fingerprint density at radius 3 is 2.39 bits per heavy atom. The lowest BCUT2D eigenvalue weighted by molar-refractivity contribution is 0.100. The van der Waals surface area contributed by atoms with Crippen LogP contribution in [-0.2, 0) is 0 Å². The molecule has 4 aromatic rings. The summed E-state index contributed by atoms with van der Waals surface area (Å²) in [6, 6.07) is 23.9. The summed E-state index contributed by atoms with van der Waals surface area (Å²) in [5.41, 5.74) is 17.8. The van der Waals surface area contributed by atoms with E-state index in [-0.39, 0.29) is 0 Å². The van der Waals surface area contributed by atoms with Crippen molar-refractivity contribution in [2.24, 2.45) is 11.5 Å². The molecule has 0 aliphatic rings. The number of para-hydroxylation sites is 1. The Kier molecular flexibility index (Phi) is 6.66. The van der Waals surface area contributed by atoms with Gasteiger partial charge in [0, 0.05) is 29.5 Å². The predicted octanol–water partition coefficient (Wildman–Crippen LogP) is 4.65. The molecular formula is C27H27N5O. The molecule has 1 heterocycles. The standard InChI is InChI=1S/C27H27N5O/c1-18(30-15-5-14-28)19-8-10-20(11-9-19)21-12-13-23-25(16-21)31-17-24(27(29)33)26(23)32-22-6-3-2-4-7-22/h2-4,6-13,16-17,30H,1,5,14-15,28H2,(H2,29,33)(H,31,32). The molecule has 0 saturated carbocycles. The maximum absolute atomic E-state index is 12.0. The van der Waals surface area contributed by atoms with E-state index in [9.17, 15) is 4.79 Å². The van der Waals surface area contributed by atoms with E-state index >= 15 is 0 Å². The fourth-order valence-corrected chi connectivity index (χ4v) is 3.67. The number of nitrogens with one attached hydrogen (secondary N) is 2. The number of benzene rings is 3. The quantitative estimate of drug-likeness (QED) is 0.285. The third-order valence-electron chi connectivity index (χ3n) is 5.46. The molecule has 4 rings (SSSR count). The van der Waals surface area contributed by atoms with Gasteiger partial charge in [0.1, 0.15) is 0 Å². The number of primary amides is 1. The summed E-state index contributed by atoms with van der Waals surface area (Å²) in [5.74, 6) is -0.525. The van der Waals surface area contributed by atoms with Gasteiger partial charge in [-0.3, -0.25) is 9.78 Å². The second kappa shape index (κ2) is 9.97. The van der Waals surface area contributed by atoms with Crippen molar-refractivity contribution in [3.05, 3.63) is 96.7 Å². The van der Waals surface area contributed by atoms with E-state index in [2.05, 4.69) is 34.3 Å². The molecule has 0 saturated heterocycles. The first kappa shape index (κ1) is 22.0. The monoisotopic (exact) mass is 437 g/mol. The van der Waals surface area contributed by atoms with Gasteiger partial charge >= 0.3 is 0 Å². The summed E-state index contributed by atoms with van der Waals surface area (Å²) in [4.78, 5) is 16.5. The van der Waals surface area contributed by atoms with Gasteiger partial charge in [-0.15, -0.1) is 0 Å². The van der Waals surface area contributed by atoms with E-state index in [4.69, 9.17) is 11.5 Å². The average Bonchev–Trinajstić information content (AvgIpc) is 2.84. The minimum Gasteiger partial charge on any atom is -0.385 e. The highest BCUT2D eigenvalue weighted by Gasteiger charge is 2.14. The summed E-state index contributed by atoms with van der Waals surface area (Å²) in [7, 11) is 0. The number of carbonyl (C=O) groups is 1. The molecule has 0 unspecified atom stereocenters. The number of hydrogen-bond acceptors (Lipinski definition) is 5. The number of fused-ring (bicyclic) bond motifs is 1. The number of anilines is 2. The van der Waals surface area contributed by atoms with Gasteiger partial charge in [-0.25, -0.2) is 0 Å². The Hall–Kier alpha value is -4.16. The number of nitrogens with two attached hydrogens (primary N) is 2. The van der Waals surface area contributed by atoms with Crippen LogP contribution in [0.2, 0.25) is 0 Å². The summed E-state index contributed by atoms with van der Waals surface area (Å²) in [5, 5.41) is 7.45. The number of carbonyl (C=O) groups excluding carboxylic acids is 1. The van der Waals surface area contributed by atoms with Crippen molar-refractivity contribution in [2.75, 3.05) is 18.4 Å². The van der Waals surface area contributed by atoms with Crippen molar-refractivity contribution in [1.29, 1.82) is 0 Å². The van der Waals surface area contributed by atoms with Crippen molar-refractivity contribution in [3.8, 4) is 11.1 Å². The van der Waals surface area contributed by atoms with E-state index in [0.717, 1.165) is 51.9 Å². The lowest BCUT2D eigenvalue weighted by Gasteiger charge is -2.14. The van der Waals surface area contributed by atoms with Crippen LogP contribution in [0.1, 0.15) is 22.3 Å². The van der Waals surface area contributed by atoms with Crippen molar-refractivity contribution >= 4 is 33.9 Å². The van der Waals surface area contributed by atoms with Crippen LogP contribution in [-0.4, -0.2) is 24.0 Å². The Balaban J connectivity index is 1.65. The lowest BCUT2D eigenvalue weighted by atomic mass is 10.00. The molecule has 0 aliphatic carbocycles. The summed E-state index contributed by atoms with van der Waals surface area (Å²) in [6.07, 6.45) is 2.43. The highest BCUT2D eigenvalue weighted by atomic mass is 16.1. The van der Waals surface area contributed by atoms with E-state index < -0.39 is 5.91 Å². The van der Waals surface area contributed by atoms with Crippen LogP contribution in [0.3, 0.4) is 0 Å². The van der Waals surface area contributed by atoms with Gasteiger partial charge in [0.05, 0.1) is 16.8 Å². The van der Waals surface area contributed by atoms with E-state index in [0.29, 0.717) is 17.8 Å². The van der Waals surface area contributed by atoms with Crippen LogP contribution in [0.5, 0.6) is 0 Å². The molecule has 1 amide bonds. The van der Waals surface area contributed by atoms with Crippen LogP contribution in [0, 0.1) is 0 Å². The van der Waals surface area contributed by atoms with Gasteiger partial charge in [-0.2, -0.15) is 0 Å². The topological polar surface area (TPSA) is 106 Å². The van der Waals surface area contributed by atoms with Gasteiger partial charge in [0.25, 0.3) is 5.91 Å². The van der Waals surface area contributed by atoms with E-state index in [1.165, 1.54) is 6.20 Å². The van der Waals surface area contributed by atoms with E-state index in [1.54, 1.807) is 0 Å². The maximum Gasteiger partial charge on any atom is 0.252 e. The number of amides is 1. The van der Waals surface area contributed by atoms with Gasteiger partial charge in [-0.1, -0.05) is 61.2 Å². The van der Waals surface area contributed by atoms with Crippen molar-refractivity contribution in [3.63, 3.8) is 0 Å². The molecule has 0 aliphatic heterocycles. The van der Waals surface area contributed by atoms with Gasteiger partial charge < -0.3 is 22.1 Å². The normalized spacial score (nSPS) is 10.7. The van der Waals surface area contributed by atoms with Gasteiger partial charge in [0.2, 0.25) is 0 Å². The number of hydrogen-bond donors (Lipinski definition) is 4. The largest absolute Gasteiger partial charge is 0.385 e. The summed E-state index contributed by atoms with van der Waals surface area (Å²) in [6.45, 7) is 5.56. The SMILES string of the molecule is C=C(NCCCN)c1ccc(-c2ccc3c(Nc4ccccc4)c(C(N)=O)cnc3c2)cc1. The Morgan fingerprint density at radius 2 is 1.70 bits per heavy atom. The third-order valence-corrected chi connectivity index (χ3v) is 5.46. The van der Waals surface area contributed by atoms with Crippen LogP contribution in [0.25, 0.3) is 27.7 Å². The molecule has 166 valence electrons.